The molecule has 0 aliphatic carbocycles. The van der Waals surface area contributed by atoms with Gasteiger partial charge in [-0.05, 0) is 30.3 Å². The van der Waals surface area contributed by atoms with Crippen molar-refractivity contribution in [3.63, 3.8) is 0 Å². The van der Waals surface area contributed by atoms with E-state index < -0.39 is 11.7 Å². The lowest BCUT2D eigenvalue weighted by atomic mass is 10.2. The van der Waals surface area contributed by atoms with Crippen molar-refractivity contribution >= 4 is 49.6 Å². The average molecular weight is 441 g/mol. The lowest BCUT2D eigenvalue weighted by Gasteiger charge is -2.25. The molecule has 0 spiro atoms. The number of aromatic nitrogens is 2. The van der Waals surface area contributed by atoms with Crippen LogP contribution in [0.5, 0.6) is 0 Å². The highest BCUT2D eigenvalue weighted by atomic mass is 32.1. The van der Waals surface area contributed by atoms with Crippen LogP contribution in [0.2, 0.25) is 0 Å². The highest BCUT2D eigenvalue weighted by Crippen LogP contribution is 2.32. The van der Waals surface area contributed by atoms with E-state index in [4.69, 9.17) is 4.74 Å². The average Bonchev–Trinajstić information content (AvgIpc) is 3.43. The largest absolute Gasteiger partial charge is 0.378 e. The Morgan fingerprint density at radius 2 is 1.97 bits per heavy atom. The Morgan fingerprint density at radius 1 is 1.13 bits per heavy atom. The van der Waals surface area contributed by atoms with Gasteiger partial charge >= 0.3 is 0 Å². The fourth-order valence-corrected chi connectivity index (χ4v) is 5.02. The Morgan fingerprint density at radius 3 is 2.77 bits per heavy atom. The molecule has 1 amide bonds. The van der Waals surface area contributed by atoms with Gasteiger partial charge < -0.3 is 15.0 Å². The van der Waals surface area contributed by atoms with Gasteiger partial charge in [-0.1, -0.05) is 12.1 Å². The van der Waals surface area contributed by atoms with Crippen LogP contribution >= 0.6 is 22.7 Å². The Bertz CT molecular complexity index is 1180. The number of carbonyl (C=O) groups is 1. The number of para-hydroxylation sites is 1. The van der Waals surface area contributed by atoms with Crippen LogP contribution in [0.3, 0.4) is 0 Å². The SMILES string of the molecule is O=C(Nc1ccc(-c2nc3ccccc3s2)cc1F)c1csc(N2CCOCC2)n1. The number of halogens is 1. The quantitative estimate of drug-likeness (QED) is 0.500. The summed E-state index contributed by atoms with van der Waals surface area (Å²) in [5.74, 6) is -0.943. The number of benzene rings is 2. The first-order valence-electron chi connectivity index (χ1n) is 9.42. The summed E-state index contributed by atoms with van der Waals surface area (Å²) >= 11 is 2.90. The van der Waals surface area contributed by atoms with Crippen molar-refractivity contribution in [2.24, 2.45) is 0 Å². The highest BCUT2D eigenvalue weighted by molar-refractivity contribution is 7.21. The van der Waals surface area contributed by atoms with Crippen LogP contribution in [0.1, 0.15) is 10.5 Å². The summed E-state index contributed by atoms with van der Waals surface area (Å²) < 4.78 is 21.1. The van der Waals surface area contributed by atoms with E-state index in [1.54, 1.807) is 17.5 Å². The van der Waals surface area contributed by atoms with Gasteiger partial charge in [0.15, 0.2) is 5.13 Å². The number of nitrogens with one attached hydrogen (secondary N) is 1. The normalized spacial score (nSPS) is 14.2. The minimum absolute atomic E-state index is 0.116. The summed E-state index contributed by atoms with van der Waals surface area (Å²) in [6, 6.07) is 12.5. The van der Waals surface area contributed by atoms with Crippen LogP contribution < -0.4 is 10.2 Å². The number of nitrogens with zero attached hydrogens (tertiary/aromatic N) is 3. The number of amides is 1. The molecule has 2 aromatic heterocycles. The van der Waals surface area contributed by atoms with E-state index in [2.05, 4.69) is 20.2 Å². The summed E-state index contributed by atoms with van der Waals surface area (Å²) in [6.07, 6.45) is 0. The van der Waals surface area contributed by atoms with Crippen molar-refractivity contribution in [2.75, 3.05) is 36.5 Å². The minimum Gasteiger partial charge on any atom is -0.378 e. The highest BCUT2D eigenvalue weighted by Gasteiger charge is 2.18. The lowest BCUT2D eigenvalue weighted by Crippen LogP contribution is -2.36. The van der Waals surface area contributed by atoms with E-state index in [9.17, 15) is 9.18 Å². The molecule has 6 nitrogen and oxygen atoms in total. The third kappa shape index (κ3) is 3.79. The Labute approximate surface area is 180 Å². The molecule has 2 aromatic carbocycles. The number of hydrogen-bond acceptors (Lipinski definition) is 7. The summed E-state index contributed by atoms with van der Waals surface area (Å²) in [5.41, 5.74) is 1.95. The van der Waals surface area contributed by atoms with Crippen LogP contribution in [-0.4, -0.2) is 42.2 Å². The molecule has 152 valence electrons. The van der Waals surface area contributed by atoms with Gasteiger partial charge in [-0.3, -0.25) is 4.79 Å². The van der Waals surface area contributed by atoms with Gasteiger partial charge in [0.05, 0.1) is 29.1 Å². The van der Waals surface area contributed by atoms with E-state index >= 15 is 0 Å². The molecular weight excluding hydrogens is 423 g/mol. The van der Waals surface area contributed by atoms with E-state index in [-0.39, 0.29) is 11.4 Å². The first-order valence-corrected chi connectivity index (χ1v) is 11.1. The molecule has 0 unspecified atom stereocenters. The molecule has 1 aliphatic rings. The van der Waals surface area contributed by atoms with E-state index in [1.807, 2.05) is 24.3 Å². The molecule has 0 atom stereocenters. The topological polar surface area (TPSA) is 67.4 Å². The molecule has 3 heterocycles. The van der Waals surface area contributed by atoms with Gasteiger partial charge in [-0.25, -0.2) is 14.4 Å². The summed E-state index contributed by atoms with van der Waals surface area (Å²) in [6.45, 7) is 2.79. The summed E-state index contributed by atoms with van der Waals surface area (Å²) in [5, 5.41) is 5.82. The molecule has 4 aromatic rings. The number of rotatable bonds is 4. The molecule has 5 rings (SSSR count). The standard InChI is InChI=1S/C21H17FN4O2S2/c22-14-11-13(20-24-16-3-1-2-4-18(16)30-20)5-6-15(14)23-19(27)17-12-29-21(25-17)26-7-9-28-10-8-26/h1-6,11-12H,7-10H2,(H,23,27). The van der Waals surface area contributed by atoms with Gasteiger partial charge in [-0.15, -0.1) is 22.7 Å². The van der Waals surface area contributed by atoms with Crippen molar-refractivity contribution in [3.8, 4) is 10.6 Å². The molecular formula is C21H17FN4O2S2. The number of fused-ring (bicyclic) bond motifs is 1. The number of carbonyl (C=O) groups excluding carboxylic acids is 1. The number of morpholine rings is 1. The molecule has 0 saturated carbocycles. The molecule has 0 radical (unpaired) electrons. The van der Waals surface area contributed by atoms with Crippen LogP contribution in [0.4, 0.5) is 15.2 Å². The first-order chi connectivity index (χ1) is 14.7. The van der Waals surface area contributed by atoms with Gasteiger partial charge in [0.1, 0.15) is 16.5 Å². The van der Waals surface area contributed by atoms with Gasteiger partial charge in [0, 0.05) is 24.0 Å². The fraction of sp³-hybridized carbons (Fsp3) is 0.190. The number of ether oxygens (including phenoxy) is 1. The van der Waals surface area contributed by atoms with Gasteiger partial charge in [-0.2, -0.15) is 0 Å². The van der Waals surface area contributed by atoms with E-state index in [0.717, 1.165) is 33.4 Å². The number of hydrogen-bond donors (Lipinski definition) is 1. The Kier molecular flexibility index (Phi) is 5.16. The summed E-state index contributed by atoms with van der Waals surface area (Å²) in [4.78, 5) is 23.6. The molecule has 0 bridgehead atoms. The second kappa shape index (κ2) is 8.10. The first kappa shape index (κ1) is 19.1. The second-order valence-corrected chi connectivity index (χ2v) is 8.62. The minimum atomic E-state index is -0.510. The molecule has 1 N–H and O–H groups in total. The van der Waals surface area contributed by atoms with Crippen molar-refractivity contribution in [1.82, 2.24) is 9.97 Å². The number of anilines is 2. The monoisotopic (exact) mass is 440 g/mol. The van der Waals surface area contributed by atoms with Crippen molar-refractivity contribution in [1.29, 1.82) is 0 Å². The molecule has 1 fully saturated rings. The van der Waals surface area contributed by atoms with E-state index in [0.29, 0.717) is 18.8 Å². The van der Waals surface area contributed by atoms with E-state index in [1.165, 1.54) is 28.7 Å². The van der Waals surface area contributed by atoms with Gasteiger partial charge in [0.25, 0.3) is 5.91 Å². The van der Waals surface area contributed by atoms with Crippen LogP contribution in [0.25, 0.3) is 20.8 Å². The summed E-state index contributed by atoms with van der Waals surface area (Å²) in [7, 11) is 0. The molecule has 1 saturated heterocycles. The lowest BCUT2D eigenvalue weighted by molar-refractivity contribution is 0.102. The maximum Gasteiger partial charge on any atom is 0.275 e. The fourth-order valence-electron chi connectivity index (χ4n) is 3.20. The zero-order chi connectivity index (χ0) is 20.5. The third-order valence-corrected chi connectivity index (χ3v) is 6.75. The predicted octanol–water partition coefficient (Wildman–Crippen LogP) is 4.65. The predicted molar refractivity (Wildman–Crippen MR) is 118 cm³/mol. The van der Waals surface area contributed by atoms with Crippen molar-refractivity contribution < 1.29 is 13.9 Å². The maximum absolute atomic E-state index is 14.7. The third-order valence-electron chi connectivity index (χ3n) is 4.76. The Hall–Kier alpha value is -2.88. The van der Waals surface area contributed by atoms with Crippen molar-refractivity contribution in [3.05, 3.63) is 59.4 Å². The van der Waals surface area contributed by atoms with Gasteiger partial charge in [0.2, 0.25) is 0 Å². The smallest absolute Gasteiger partial charge is 0.275 e. The van der Waals surface area contributed by atoms with Crippen LogP contribution in [0, 0.1) is 5.82 Å². The molecule has 30 heavy (non-hydrogen) atoms. The maximum atomic E-state index is 14.7. The zero-order valence-electron chi connectivity index (χ0n) is 15.8. The molecule has 1 aliphatic heterocycles. The Balaban J connectivity index is 1.32. The van der Waals surface area contributed by atoms with Crippen LogP contribution in [0.15, 0.2) is 47.8 Å². The van der Waals surface area contributed by atoms with Crippen molar-refractivity contribution in [2.45, 2.75) is 0 Å². The van der Waals surface area contributed by atoms with Crippen LogP contribution in [-0.2, 0) is 4.74 Å². The molecule has 9 heteroatoms. The second-order valence-electron chi connectivity index (χ2n) is 6.75. The zero-order valence-corrected chi connectivity index (χ0v) is 17.4. The number of thiazole rings is 2.